The highest BCUT2D eigenvalue weighted by molar-refractivity contribution is 8.15. The van der Waals surface area contributed by atoms with Crippen LogP contribution in [0.25, 0.3) is 0 Å². The largest absolute Gasteiger partial charge is 0.480 e. The van der Waals surface area contributed by atoms with Crippen molar-refractivity contribution in [1.82, 2.24) is 4.90 Å². The normalized spacial score (nSPS) is 19.3. The number of carboxylic acids is 1. The molecule has 0 aromatic heterocycles. The summed E-state index contributed by atoms with van der Waals surface area (Å²) in [5, 5.41) is 7.98. The number of hydrogen-bond acceptors (Lipinski definition) is 7. The molecule has 1 saturated heterocycles. The molecule has 1 fully saturated rings. The van der Waals surface area contributed by atoms with Gasteiger partial charge in [0.1, 0.15) is 18.0 Å². The van der Waals surface area contributed by atoms with Crippen LogP contribution in [0.15, 0.2) is 30.3 Å². The summed E-state index contributed by atoms with van der Waals surface area (Å²) in [6.45, 7) is 1.50. The predicted molar refractivity (Wildman–Crippen MR) is 95.8 cm³/mol. The first-order valence-corrected chi connectivity index (χ1v) is 9.31. The molecule has 3 unspecified atom stereocenters. The van der Waals surface area contributed by atoms with E-state index in [-0.39, 0.29) is 10.9 Å². The van der Waals surface area contributed by atoms with Gasteiger partial charge in [0.25, 0.3) is 0 Å². The van der Waals surface area contributed by atoms with Gasteiger partial charge in [0.05, 0.1) is 5.25 Å². The highest BCUT2D eigenvalue weighted by atomic mass is 32.2. The minimum atomic E-state index is -1.51. The molecule has 1 aromatic carbocycles. The van der Waals surface area contributed by atoms with E-state index >= 15 is 0 Å². The number of amides is 1. The minimum absolute atomic E-state index is 0.207. The lowest BCUT2D eigenvalue weighted by Crippen LogP contribution is -2.52. The van der Waals surface area contributed by atoms with Gasteiger partial charge in [0, 0.05) is 11.3 Å². The molecule has 2 rings (SSSR count). The first-order valence-electron chi connectivity index (χ1n) is 7.38. The number of carbonyl (C=O) groups excluding carboxylic acids is 3. The molecule has 0 saturated carbocycles. The molecule has 133 valence electrons. The first kappa shape index (κ1) is 19.5. The fourth-order valence-electron chi connectivity index (χ4n) is 2.16. The molecule has 0 aliphatic carbocycles. The molecule has 1 amide bonds. The highest BCUT2D eigenvalue weighted by Gasteiger charge is 2.40. The van der Waals surface area contributed by atoms with Crippen LogP contribution in [0.1, 0.15) is 17.3 Å². The Labute approximate surface area is 153 Å². The fourth-order valence-corrected chi connectivity index (χ4v) is 4.00. The number of carbonyl (C=O) groups is 4. The van der Waals surface area contributed by atoms with Gasteiger partial charge in [-0.15, -0.1) is 11.8 Å². The second-order valence-corrected chi connectivity index (χ2v) is 7.52. The smallest absolute Gasteiger partial charge is 0.327 e. The fraction of sp³-hybridized carbons (Fsp3) is 0.312. The number of benzene rings is 1. The van der Waals surface area contributed by atoms with Crippen molar-refractivity contribution < 1.29 is 24.3 Å². The number of nitrogens with zero attached hydrogens (tertiary/aromatic N) is 1. The molecule has 1 aromatic rings. The van der Waals surface area contributed by atoms with Gasteiger partial charge in [-0.3, -0.25) is 14.4 Å². The van der Waals surface area contributed by atoms with Crippen molar-refractivity contribution in [2.75, 3.05) is 5.75 Å². The van der Waals surface area contributed by atoms with E-state index in [9.17, 15) is 19.2 Å². The Morgan fingerprint density at radius 1 is 1.28 bits per heavy atom. The van der Waals surface area contributed by atoms with Crippen molar-refractivity contribution >= 4 is 46.3 Å². The quantitative estimate of drug-likeness (QED) is 0.701. The summed E-state index contributed by atoms with van der Waals surface area (Å²) in [5.74, 6) is -0.980. The zero-order chi connectivity index (χ0) is 18.6. The van der Waals surface area contributed by atoms with E-state index in [0.717, 1.165) is 16.7 Å². The van der Waals surface area contributed by atoms with Crippen LogP contribution in [-0.2, 0) is 14.4 Å². The maximum atomic E-state index is 12.4. The Morgan fingerprint density at radius 3 is 2.52 bits per heavy atom. The summed E-state index contributed by atoms with van der Waals surface area (Å²) in [5.41, 5.74) is 6.18. The van der Waals surface area contributed by atoms with Gasteiger partial charge in [0.2, 0.25) is 11.0 Å². The Kier molecular flexibility index (Phi) is 6.63. The third-order valence-electron chi connectivity index (χ3n) is 3.58. The van der Waals surface area contributed by atoms with Crippen LogP contribution in [0.3, 0.4) is 0 Å². The van der Waals surface area contributed by atoms with Crippen molar-refractivity contribution in [3.8, 4) is 0 Å². The number of rotatable bonds is 6. The molecule has 0 bridgehead atoms. The van der Waals surface area contributed by atoms with Crippen LogP contribution in [0, 0.1) is 5.88 Å². The third kappa shape index (κ3) is 4.62. The van der Waals surface area contributed by atoms with E-state index in [1.807, 2.05) is 0 Å². The van der Waals surface area contributed by atoms with E-state index in [1.165, 1.54) is 24.6 Å². The molecule has 9 heteroatoms. The summed E-state index contributed by atoms with van der Waals surface area (Å²) < 4.78 is 0. The summed E-state index contributed by atoms with van der Waals surface area (Å²) in [6.07, 6.45) is 0. The molecular weight excluding hydrogens is 364 g/mol. The summed E-state index contributed by atoms with van der Waals surface area (Å²) in [7, 11) is 0. The Morgan fingerprint density at radius 2 is 1.92 bits per heavy atom. The zero-order valence-electron chi connectivity index (χ0n) is 13.3. The van der Waals surface area contributed by atoms with E-state index < -0.39 is 35.0 Å². The first-order chi connectivity index (χ1) is 11.8. The lowest BCUT2D eigenvalue weighted by Gasteiger charge is -2.24. The van der Waals surface area contributed by atoms with Gasteiger partial charge in [-0.1, -0.05) is 42.1 Å². The van der Waals surface area contributed by atoms with Gasteiger partial charge < -0.3 is 15.7 Å². The minimum Gasteiger partial charge on any atom is -0.480 e. The molecule has 25 heavy (non-hydrogen) atoms. The average molecular weight is 381 g/mol. The Balaban J connectivity index is 2.00. The Hall–Kier alpha value is -1.84. The molecule has 7 nitrogen and oxygen atoms in total. The van der Waals surface area contributed by atoms with Crippen LogP contribution in [0.5, 0.6) is 0 Å². The van der Waals surface area contributed by atoms with E-state index in [2.05, 4.69) is 0 Å². The van der Waals surface area contributed by atoms with Crippen LogP contribution in [-0.4, -0.2) is 55.9 Å². The molecule has 1 aliphatic heterocycles. The van der Waals surface area contributed by atoms with Crippen molar-refractivity contribution in [1.29, 1.82) is 0 Å². The summed E-state index contributed by atoms with van der Waals surface area (Å²) in [6, 6.07) is 5.91. The standard InChI is InChI=1S/C16H17N2O5S2/c1-9(25-16(23)10-5-3-2-4-6-10)13(19)12(17)14(20)18-8-24-7-11(18)15(21)22/h2-6,8-9,11-12H,7,17H2,1H3,(H,21,22). The number of aliphatic carboxylic acids is 1. The van der Waals surface area contributed by atoms with E-state index in [1.54, 1.807) is 30.3 Å². The van der Waals surface area contributed by atoms with Crippen molar-refractivity contribution in [2.45, 2.75) is 24.3 Å². The monoisotopic (exact) mass is 381 g/mol. The molecular formula is C16H17N2O5S2. The highest BCUT2D eigenvalue weighted by Crippen LogP contribution is 2.27. The summed E-state index contributed by atoms with van der Waals surface area (Å²) >= 11 is 1.95. The van der Waals surface area contributed by atoms with Crippen LogP contribution < -0.4 is 5.73 Å². The number of ketones is 1. The third-order valence-corrected chi connectivity index (χ3v) is 5.50. The van der Waals surface area contributed by atoms with E-state index in [0.29, 0.717) is 5.56 Å². The van der Waals surface area contributed by atoms with Crippen LogP contribution in [0.2, 0.25) is 0 Å². The second-order valence-electron chi connectivity index (χ2n) is 5.33. The molecule has 1 heterocycles. The van der Waals surface area contributed by atoms with Gasteiger partial charge >= 0.3 is 5.97 Å². The number of hydrogen-bond donors (Lipinski definition) is 2. The lowest BCUT2D eigenvalue weighted by atomic mass is 10.1. The lowest BCUT2D eigenvalue weighted by molar-refractivity contribution is -0.148. The number of carboxylic acid groups (broad SMARTS) is 1. The number of Topliss-reactive ketones (excluding diaryl/α,β-unsaturated/α-hetero) is 1. The van der Waals surface area contributed by atoms with Gasteiger partial charge in [-0.25, -0.2) is 4.79 Å². The topological polar surface area (TPSA) is 118 Å². The second kappa shape index (κ2) is 8.50. The van der Waals surface area contributed by atoms with Gasteiger partial charge in [0.15, 0.2) is 5.78 Å². The van der Waals surface area contributed by atoms with E-state index in [4.69, 9.17) is 10.8 Å². The molecule has 0 spiro atoms. The predicted octanol–water partition coefficient (Wildman–Crippen LogP) is 0.993. The maximum absolute atomic E-state index is 12.4. The summed E-state index contributed by atoms with van der Waals surface area (Å²) in [4.78, 5) is 49.0. The van der Waals surface area contributed by atoms with Crippen molar-refractivity contribution in [2.24, 2.45) is 5.73 Å². The van der Waals surface area contributed by atoms with Gasteiger partial charge in [-0.05, 0) is 6.92 Å². The van der Waals surface area contributed by atoms with Gasteiger partial charge in [-0.2, -0.15) is 0 Å². The average Bonchev–Trinajstić information content (AvgIpc) is 3.10. The zero-order valence-corrected chi connectivity index (χ0v) is 15.0. The molecule has 1 aliphatic rings. The molecule has 3 atom stereocenters. The SMILES string of the molecule is CC(SC(=O)c1ccccc1)C(=O)C(N)C(=O)N1[CH]SCC1C(=O)O. The Bertz CT molecular complexity index is 682. The number of nitrogens with two attached hydrogens (primary N) is 1. The molecule has 3 N–H and O–H groups in total. The van der Waals surface area contributed by atoms with Crippen molar-refractivity contribution in [3.63, 3.8) is 0 Å². The van der Waals surface area contributed by atoms with Crippen LogP contribution in [0.4, 0.5) is 0 Å². The number of thioether (sulfide) groups is 2. The van der Waals surface area contributed by atoms with Crippen LogP contribution >= 0.6 is 23.5 Å². The molecule has 1 radical (unpaired) electrons. The maximum Gasteiger partial charge on any atom is 0.327 e. The van der Waals surface area contributed by atoms with Crippen molar-refractivity contribution in [3.05, 3.63) is 41.8 Å².